The molecular formula is C27H44F2O2. The number of hydrogen-bond acceptors (Lipinski definition) is 2. The Labute approximate surface area is 187 Å². The van der Waals surface area contributed by atoms with Crippen LogP contribution in [0.1, 0.15) is 98.8 Å². The molecule has 0 aliphatic heterocycles. The Hall–Kier alpha value is -0.480. The van der Waals surface area contributed by atoms with Crippen LogP contribution in [0.2, 0.25) is 0 Å². The molecule has 4 heteroatoms. The number of allylic oxidation sites excluding steroid dienone is 1. The van der Waals surface area contributed by atoms with Crippen molar-refractivity contribution in [1.82, 2.24) is 0 Å². The van der Waals surface area contributed by atoms with Crippen LogP contribution in [0.3, 0.4) is 0 Å². The van der Waals surface area contributed by atoms with Gasteiger partial charge >= 0.3 is 0 Å². The third-order valence-corrected chi connectivity index (χ3v) is 10.6. The number of aliphatic hydroxyl groups is 2. The highest BCUT2D eigenvalue weighted by Gasteiger charge is 2.59. The van der Waals surface area contributed by atoms with Crippen molar-refractivity contribution < 1.29 is 19.0 Å². The second-order valence-electron chi connectivity index (χ2n) is 12.7. The van der Waals surface area contributed by atoms with Crippen LogP contribution in [0.4, 0.5) is 8.78 Å². The van der Waals surface area contributed by atoms with Crippen molar-refractivity contribution >= 4 is 0 Å². The first-order valence-corrected chi connectivity index (χ1v) is 12.8. The maximum atomic E-state index is 14.4. The van der Waals surface area contributed by atoms with E-state index in [9.17, 15) is 19.0 Å². The van der Waals surface area contributed by atoms with Gasteiger partial charge < -0.3 is 10.2 Å². The van der Waals surface area contributed by atoms with Crippen LogP contribution in [-0.4, -0.2) is 27.8 Å². The average molecular weight is 439 g/mol. The fourth-order valence-electron chi connectivity index (χ4n) is 8.53. The van der Waals surface area contributed by atoms with Gasteiger partial charge in [0.15, 0.2) is 0 Å². The molecule has 2 N–H and O–H groups in total. The fourth-order valence-corrected chi connectivity index (χ4v) is 8.53. The standard InChI is InChI=1S/C27H44F2O2/c1-17(10-15-27(28,29)24(2,3)31)21-8-9-22-20-7-6-18-16-19(30)11-13-25(18,4)23(20)12-14-26(21,22)5/h6,17,19-23,30-31H,7-16H2,1-5H3/t17-,19?,20+,21-,22+,23+,25+,26-/m1/s1. The molecule has 178 valence electrons. The molecule has 0 amide bonds. The van der Waals surface area contributed by atoms with Crippen molar-refractivity contribution in [3.05, 3.63) is 11.6 Å². The number of fused-ring (bicyclic) bond motifs is 5. The Morgan fingerprint density at radius 3 is 2.48 bits per heavy atom. The van der Waals surface area contributed by atoms with Crippen LogP contribution in [-0.2, 0) is 0 Å². The van der Waals surface area contributed by atoms with Gasteiger partial charge in [-0.1, -0.05) is 32.4 Å². The minimum absolute atomic E-state index is 0.163. The molecule has 0 bridgehead atoms. The van der Waals surface area contributed by atoms with Gasteiger partial charge in [0, 0.05) is 6.42 Å². The van der Waals surface area contributed by atoms with E-state index in [1.54, 1.807) is 0 Å². The van der Waals surface area contributed by atoms with Gasteiger partial charge in [0.1, 0.15) is 5.60 Å². The van der Waals surface area contributed by atoms with Crippen molar-refractivity contribution in [1.29, 1.82) is 0 Å². The number of halogens is 2. The Balaban J connectivity index is 1.48. The number of aliphatic hydroxyl groups excluding tert-OH is 1. The topological polar surface area (TPSA) is 40.5 Å². The molecule has 4 rings (SSSR count). The van der Waals surface area contributed by atoms with E-state index in [4.69, 9.17) is 0 Å². The van der Waals surface area contributed by atoms with Crippen LogP contribution >= 0.6 is 0 Å². The molecule has 0 saturated heterocycles. The number of hydrogen-bond donors (Lipinski definition) is 2. The predicted octanol–water partition coefficient (Wildman–Crippen LogP) is 6.75. The summed E-state index contributed by atoms with van der Waals surface area (Å²) in [6, 6.07) is 0. The summed E-state index contributed by atoms with van der Waals surface area (Å²) in [6.07, 6.45) is 11.4. The Morgan fingerprint density at radius 2 is 1.81 bits per heavy atom. The summed E-state index contributed by atoms with van der Waals surface area (Å²) >= 11 is 0. The summed E-state index contributed by atoms with van der Waals surface area (Å²) in [6.45, 7) is 9.54. The molecule has 0 radical (unpaired) electrons. The Kier molecular flexibility index (Phi) is 5.95. The molecule has 0 aromatic carbocycles. The highest BCUT2D eigenvalue weighted by molar-refractivity contribution is 5.25. The van der Waals surface area contributed by atoms with E-state index in [2.05, 4.69) is 26.8 Å². The van der Waals surface area contributed by atoms with Crippen LogP contribution in [0.25, 0.3) is 0 Å². The van der Waals surface area contributed by atoms with Gasteiger partial charge in [-0.05, 0) is 112 Å². The van der Waals surface area contributed by atoms with Gasteiger partial charge in [0.25, 0.3) is 5.92 Å². The maximum absolute atomic E-state index is 14.4. The van der Waals surface area contributed by atoms with E-state index in [1.807, 2.05) is 0 Å². The van der Waals surface area contributed by atoms with Crippen molar-refractivity contribution in [3.8, 4) is 0 Å². The lowest BCUT2D eigenvalue weighted by Gasteiger charge is -2.58. The number of rotatable bonds is 5. The van der Waals surface area contributed by atoms with Crippen molar-refractivity contribution in [2.45, 2.75) is 116 Å². The highest BCUT2D eigenvalue weighted by atomic mass is 19.3. The normalized spacial score (nSPS) is 44.2. The van der Waals surface area contributed by atoms with Crippen molar-refractivity contribution in [3.63, 3.8) is 0 Å². The summed E-state index contributed by atoms with van der Waals surface area (Å²) < 4.78 is 28.8. The lowest BCUT2D eigenvalue weighted by Crippen LogP contribution is -2.51. The average Bonchev–Trinajstić information content (AvgIpc) is 3.03. The minimum atomic E-state index is -3.04. The van der Waals surface area contributed by atoms with E-state index in [1.165, 1.54) is 38.7 Å². The molecule has 0 aromatic rings. The zero-order valence-corrected chi connectivity index (χ0v) is 20.3. The molecule has 8 atom stereocenters. The van der Waals surface area contributed by atoms with Gasteiger partial charge in [-0.25, -0.2) is 8.78 Å². The summed E-state index contributed by atoms with van der Waals surface area (Å²) in [5.74, 6) is -0.167. The van der Waals surface area contributed by atoms with E-state index < -0.39 is 11.5 Å². The summed E-state index contributed by atoms with van der Waals surface area (Å²) in [5.41, 5.74) is 0.0534. The van der Waals surface area contributed by atoms with Crippen LogP contribution < -0.4 is 0 Å². The second kappa shape index (κ2) is 7.79. The van der Waals surface area contributed by atoms with Crippen LogP contribution in [0, 0.1) is 40.4 Å². The van der Waals surface area contributed by atoms with E-state index in [0.29, 0.717) is 30.1 Å². The molecule has 0 spiro atoms. The van der Waals surface area contributed by atoms with Crippen LogP contribution in [0.5, 0.6) is 0 Å². The molecule has 1 unspecified atom stereocenters. The molecule has 3 saturated carbocycles. The summed E-state index contributed by atoms with van der Waals surface area (Å²) in [5, 5.41) is 20.0. The lowest BCUT2D eigenvalue weighted by molar-refractivity contribution is -0.168. The molecule has 0 aromatic heterocycles. The lowest BCUT2D eigenvalue weighted by atomic mass is 9.47. The first kappa shape index (κ1) is 23.7. The predicted molar refractivity (Wildman–Crippen MR) is 121 cm³/mol. The van der Waals surface area contributed by atoms with E-state index >= 15 is 0 Å². The monoisotopic (exact) mass is 438 g/mol. The molecule has 0 heterocycles. The van der Waals surface area contributed by atoms with Crippen molar-refractivity contribution in [2.24, 2.45) is 40.4 Å². The largest absolute Gasteiger partial charge is 0.393 e. The first-order chi connectivity index (χ1) is 14.3. The Morgan fingerprint density at radius 1 is 1.10 bits per heavy atom. The zero-order chi connectivity index (χ0) is 22.8. The van der Waals surface area contributed by atoms with Gasteiger partial charge in [0.05, 0.1) is 6.10 Å². The molecule has 3 fully saturated rings. The summed E-state index contributed by atoms with van der Waals surface area (Å²) in [4.78, 5) is 0. The van der Waals surface area contributed by atoms with E-state index in [-0.39, 0.29) is 29.3 Å². The van der Waals surface area contributed by atoms with Gasteiger partial charge in [-0.2, -0.15) is 0 Å². The molecular weight excluding hydrogens is 394 g/mol. The second-order valence-corrected chi connectivity index (χ2v) is 12.7. The van der Waals surface area contributed by atoms with Crippen LogP contribution in [0.15, 0.2) is 11.6 Å². The van der Waals surface area contributed by atoms with Crippen molar-refractivity contribution in [2.75, 3.05) is 0 Å². The molecule has 4 aliphatic carbocycles. The number of alkyl halides is 2. The fraction of sp³-hybridized carbons (Fsp3) is 0.926. The first-order valence-electron chi connectivity index (χ1n) is 12.8. The summed E-state index contributed by atoms with van der Waals surface area (Å²) in [7, 11) is 0. The Bertz CT molecular complexity index is 711. The van der Waals surface area contributed by atoms with E-state index in [0.717, 1.165) is 32.1 Å². The quantitative estimate of drug-likeness (QED) is 0.466. The molecule has 31 heavy (non-hydrogen) atoms. The SMILES string of the molecule is C[C@H](CCC(F)(F)C(C)(C)O)[C@H]1CC[C@H]2[C@@H]3CC=C4CC(O)CC[C@]4(C)[C@H]3CC[C@]12C. The maximum Gasteiger partial charge on any atom is 0.275 e. The smallest absolute Gasteiger partial charge is 0.275 e. The van der Waals surface area contributed by atoms with Gasteiger partial charge in [-0.3, -0.25) is 0 Å². The third kappa shape index (κ3) is 3.82. The molecule has 4 aliphatic rings. The minimum Gasteiger partial charge on any atom is -0.393 e. The molecule has 2 nitrogen and oxygen atoms in total. The zero-order valence-electron chi connectivity index (χ0n) is 20.3. The van der Waals surface area contributed by atoms with Gasteiger partial charge in [0.2, 0.25) is 0 Å². The highest BCUT2D eigenvalue weighted by Crippen LogP contribution is 2.67. The van der Waals surface area contributed by atoms with Gasteiger partial charge in [-0.15, -0.1) is 0 Å². The third-order valence-electron chi connectivity index (χ3n) is 10.6.